The number of thiazole rings is 1. The van der Waals surface area contributed by atoms with Crippen molar-refractivity contribution in [3.8, 4) is 0 Å². The second-order valence-electron chi connectivity index (χ2n) is 6.87. The molecule has 0 atom stereocenters. The van der Waals surface area contributed by atoms with Crippen molar-refractivity contribution in [2.75, 3.05) is 45.2 Å². The van der Waals surface area contributed by atoms with Gasteiger partial charge in [-0.3, -0.25) is 10.1 Å². The van der Waals surface area contributed by atoms with Crippen molar-refractivity contribution in [1.82, 2.24) is 14.2 Å². The van der Waals surface area contributed by atoms with Crippen LogP contribution in [0.15, 0.2) is 29.2 Å². The van der Waals surface area contributed by atoms with E-state index in [0.717, 1.165) is 25.2 Å². The summed E-state index contributed by atoms with van der Waals surface area (Å²) in [6.07, 6.45) is 0.881. The molecule has 0 bridgehead atoms. The van der Waals surface area contributed by atoms with Crippen molar-refractivity contribution < 1.29 is 17.9 Å². The van der Waals surface area contributed by atoms with Gasteiger partial charge in [0.05, 0.1) is 23.8 Å². The molecule has 0 radical (unpaired) electrons. The SMILES string of the molecule is CN1CCc2nc(NC(=O)c3ccc(S(=O)(=O)N4CCOCC4)cc3)sc2C1. The molecule has 0 unspecified atom stereocenters. The van der Waals surface area contributed by atoms with E-state index >= 15 is 0 Å². The van der Waals surface area contributed by atoms with E-state index in [-0.39, 0.29) is 10.8 Å². The average molecular weight is 423 g/mol. The van der Waals surface area contributed by atoms with Gasteiger partial charge >= 0.3 is 0 Å². The minimum Gasteiger partial charge on any atom is -0.379 e. The lowest BCUT2D eigenvalue weighted by molar-refractivity contribution is 0.0730. The highest BCUT2D eigenvalue weighted by molar-refractivity contribution is 7.89. The van der Waals surface area contributed by atoms with Gasteiger partial charge < -0.3 is 9.64 Å². The van der Waals surface area contributed by atoms with E-state index in [2.05, 4.69) is 22.2 Å². The lowest BCUT2D eigenvalue weighted by Gasteiger charge is -2.26. The summed E-state index contributed by atoms with van der Waals surface area (Å²) in [6.45, 7) is 3.28. The zero-order valence-corrected chi connectivity index (χ0v) is 17.2. The number of carbonyl (C=O) groups excluding carboxylic acids is 1. The summed E-state index contributed by atoms with van der Waals surface area (Å²) in [7, 11) is -1.50. The molecular weight excluding hydrogens is 400 g/mol. The van der Waals surface area contributed by atoms with Crippen LogP contribution in [0.2, 0.25) is 0 Å². The first-order valence-corrected chi connectivity index (χ1v) is 11.4. The highest BCUT2D eigenvalue weighted by atomic mass is 32.2. The summed E-state index contributed by atoms with van der Waals surface area (Å²) in [6, 6.07) is 6.01. The van der Waals surface area contributed by atoms with Crippen LogP contribution in [-0.4, -0.2) is 68.4 Å². The minimum atomic E-state index is -3.56. The summed E-state index contributed by atoms with van der Waals surface area (Å²) in [5.41, 5.74) is 1.44. The van der Waals surface area contributed by atoms with Gasteiger partial charge in [0.1, 0.15) is 0 Å². The van der Waals surface area contributed by atoms with Crippen LogP contribution in [-0.2, 0) is 27.7 Å². The molecule has 28 heavy (non-hydrogen) atoms. The van der Waals surface area contributed by atoms with Crippen LogP contribution in [0.25, 0.3) is 0 Å². The van der Waals surface area contributed by atoms with Gasteiger partial charge in [0.2, 0.25) is 10.0 Å². The Balaban J connectivity index is 1.46. The van der Waals surface area contributed by atoms with Crippen molar-refractivity contribution >= 4 is 32.4 Å². The number of benzene rings is 1. The van der Waals surface area contributed by atoms with Crippen LogP contribution in [0.1, 0.15) is 20.9 Å². The van der Waals surface area contributed by atoms with Gasteiger partial charge in [0, 0.05) is 43.0 Å². The summed E-state index contributed by atoms with van der Waals surface area (Å²) >= 11 is 1.49. The maximum absolute atomic E-state index is 12.7. The van der Waals surface area contributed by atoms with Crippen LogP contribution < -0.4 is 5.32 Å². The Morgan fingerprint density at radius 2 is 1.89 bits per heavy atom. The van der Waals surface area contributed by atoms with Crippen molar-refractivity contribution in [2.45, 2.75) is 17.9 Å². The van der Waals surface area contributed by atoms with Crippen LogP contribution in [0.3, 0.4) is 0 Å². The number of sulfonamides is 1. The summed E-state index contributed by atoms with van der Waals surface area (Å²) in [5, 5.41) is 3.40. The zero-order chi connectivity index (χ0) is 19.7. The number of anilines is 1. The fraction of sp³-hybridized carbons (Fsp3) is 0.444. The molecule has 2 aliphatic rings. The number of fused-ring (bicyclic) bond motifs is 1. The number of hydrogen-bond acceptors (Lipinski definition) is 7. The largest absolute Gasteiger partial charge is 0.379 e. The molecule has 1 fully saturated rings. The van der Waals surface area contributed by atoms with Gasteiger partial charge in [-0.25, -0.2) is 13.4 Å². The minimum absolute atomic E-state index is 0.179. The summed E-state index contributed by atoms with van der Waals surface area (Å²) in [5.74, 6) is -0.297. The molecule has 1 aromatic carbocycles. The maximum Gasteiger partial charge on any atom is 0.257 e. The molecular formula is C18H22N4O4S2. The molecule has 0 spiro atoms. The Morgan fingerprint density at radius 1 is 1.18 bits per heavy atom. The highest BCUT2D eigenvalue weighted by Crippen LogP contribution is 2.28. The molecule has 0 saturated carbocycles. The number of aromatic nitrogens is 1. The van der Waals surface area contributed by atoms with Crippen molar-refractivity contribution in [2.24, 2.45) is 0 Å². The third-order valence-corrected chi connectivity index (χ3v) is 7.78. The number of ether oxygens (including phenoxy) is 1. The predicted molar refractivity (Wildman–Crippen MR) is 106 cm³/mol. The number of rotatable bonds is 4. The Morgan fingerprint density at radius 3 is 2.61 bits per heavy atom. The first-order chi connectivity index (χ1) is 13.4. The van der Waals surface area contributed by atoms with E-state index in [9.17, 15) is 13.2 Å². The first kappa shape index (κ1) is 19.5. The van der Waals surface area contributed by atoms with Gasteiger partial charge in [0.25, 0.3) is 5.91 Å². The van der Waals surface area contributed by atoms with Crippen LogP contribution >= 0.6 is 11.3 Å². The smallest absolute Gasteiger partial charge is 0.257 e. The summed E-state index contributed by atoms with van der Waals surface area (Å²) < 4.78 is 31.9. The second-order valence-corrected chi connectivity index (χ2v) is 9.89. The number of likely N-dealkylation sites (N-methyl/N-ethyl adjacent to an activating group) is 1. The monoisotopic (exact) mass is 422 g/mol. The van der Waals surface area contributed by atoms with Crippen molar-refractivity contribution in [1.29, 1.82) is 0 Å². The highest BCUT2D eigenvalue weighted by Gasteiger charge is 2.26. The third kappa shape index (κ3) is 3.96. The molecule has 3 heterocycles. The maximum atomic E-state index is 12.7. The molecule has 150 valence electrons. The fourth-order valence-corrected chi connectivity index (χ4v) is 5.75. The van der Waals surface area contributed by atoms with E-state index in [1.54, 1.807) is 0 Å². The molecule has 1 aromatic heterocycles. The number of nitrogens with zero attached hydrogens (tertiary/aromatic N) is 3. The number of carbonyl (C=O) groups is 1. The number of amides is 1. The normalized spacial score (nSPS) is 18.6. The molecule has 4 rings (SSSR count). The third-order valence-electron chi connectivity index (χ3n) is 4.87. The zero-order valence-electron chi connectivity index (χ0n) is 15.6. The number of hydrogen-bond donors (Lipinski definition) is 1. The Bertz CT molecular complexity index is 966. The topological polar surface area (TPSA) is 91.8 Å². The lowest BCUT2D eigenvalue weighted by atomic mass is 10.2. The predicted octanol–water partition coefficient (Wildman–Crippen LogP) is 1.40. The molecule has 2 aliphatic heterocycles. The molecule has 1 amide bonds. The van der Waals surface area contributed by atoms with Gasteiger partial charge in [-0.2, -0.15) is 4.31 Å². The van der Waals surface area contributed by atoms with Crippen molar-refractivity contribution in [3.05, 3.63) is 40.4 Å². The Hall–Kier alpha value is -1.85. The van der Waals surface area contributed by atoms with Crippen LogP contribution in [0.5, 0.6) is 0 Å². The molecule has 1 N–H and O–H groups in total. The van der Waals surface area contributed by atoms with Crippen molar-refractivity contribution in [3.63, 3.8) is 0 Å². The Labute approximate surface area is 168 Å². The number of morpholine rings is 1. The van der Waals surface area contributed by atoms with E-state index < -0.39 is 10.0 Å². The first-order valence-electron chi connectivity index (χ1n) is 9.10. The van der Waals surface area contributed by atoms with Gasteiger partial charge in [-0.15, -0.1) is 11.3 Å². The summed E-state index contributed by atoms with van der Waals surface area (Å²) in [4.78, 5) is 20.6. The standard InChI is InChI=1S/C18H22N4O4S2/c1-21-7-6-15-16(12-21)27-18(19-15)20-17(23)13-2-4-14(5-3-13)28(24,25)22-8-10-26-11-9-22/h2-5H,6-12H2,1H3,(H,19,20,23). The van der Waals surface area contributed by atoms with Gasteiger partial charge in [0.15, 0.2) is 5.13 Å². The quantitative estimate of drug-likeness (QED) is 0.801. The van der Waals surface area contributed by atoms with E-state index in [4.69, 9.17) is 4.74 Å². The van der Waals surface area contributed by atoms with Crippen LogP contribution in [0.4, 0.5) is 5.13 Å². The van der Waals surface area contributed by atoms with Gasteiger partial charge in [-0.1, -0.05) is 0 Å². The second kappa shape index (κ2) is 7.88. The Kier molecular flexibility index (Phi) is 5.48. The van der Waals surface area contributed by atoms with E-state index in [1.165, 1.54) is 44.8 Å². The fourth-order valence-electron chi connectivity index (χ4n) is 3.26. The molecule has 10 heteroatoms. The van der Waals surface area contributed by atoms with Crippen LogP contribution in [0, 0.1) is 0 Å². The molecule has 0 aliphatic carbocycles. The molecule has 1 saturated heterocycles. The van der Waals surface area contributed by atoms with E-state index in [1.807, 2.05) is 0 Å². The lowest BCUT2D eigenvalue weighted by Crippen LogP contribution is -2.40. The average Bonchev–Trinajstić information content (AvgIpc) is 3.10. The molecule has 8 nitrogen and oxygen atoms in total. The van der Waals surface area contributed by atoms with Gasteiger partial charge in [-0.05, 0) is 31.3 Å². The number of nitrogens with one attached hydrogen (secondary N) is 1. The van der Waals surface area contributed by atoms with E-state index in [0.29, 0.717) is 37.0 Å². The molecule has 2 aromatic rings.